The molecule has 0 aliphatic heterocycles. The van der Waals surface area contributed by atoms with Gasteiger partial charge in [-0.15, -0.1) is 5.10 Å². The van der Waals surface area contributed by atoms with Gasteiger partial charge in [0.05, 0.1) is 30.5 Å². The predicted molar refractivity (Wildman–Crippen MR) is 124 cm³/mol. The number of ether oxygens (including phenoxy) is 1. The minimum Gasteiger partial charge on any atom is -0.497 e. The fraction of sp³-hybridized carbons (Fsp3) is 0.391. The first-order valence-corrected chi connectivity index (χ1v) is 11.0. The van der Waals surface area contributed by atoms with Gasteiger partial charge in [0.2, 0.25) is 11.9 Å². The SMILES string of the molecule is CCC1CC(c2nc(Nc3ccc4[nH]ncc4c3)n[nH]2)=CC=C1OCCC(=O)NC(C)C. The second-order valence-electron chi connectivity index (χ2n) is 8.20. The van der Waals surface area contributed by atoms with Crippen molar-refractivity contribution >= 4 is 34.0 Å². The average Bonchev–Trinajstić information content (AvgIpc) is 3.42. The second-order valence-corrected chi connectivity index (χ2v) is 8.20. The lowest BCUT2D eigenvalue weighted by Gasteiger charge is -2.23. The van der Waals surface area contributed by atoms with Gasteiger partial charge in [0.15, 0.2) is 5.82 Å². The molecule has 32 heavy (non-hydrogen) atoms. The lowest BCUT2D eigenvalue weighted by molar-refractivity contribution is -0.122. The summed E-state index contributed by atoms with van der Waals surface area (Å²) in [6.07, 6.45) is 7.86. The van der Waals surface area contributed by atoms with Crippen LogP contribution in [0, 0.1) is 5.92 Å². The van der Waals surface area contributed by atoms with Crippen molar-refractivity contribution in [3.63, 3.8) is 0 Å². The molecule has 1 aliphatic carbocycles. The molecule has 9 nitrogen and oxygen atoms in total. The normalized spacial score (nSPS) is 16.1. The number of aromatic amines is 2. The number of fused-ring (bicyclic) bond motifs is 1. The Morgan fingerprint density at radius 2 is 2.16 bits per heavy atom. The quantitative estimate of drug-likeness (QED) is 0.402. The molecule has 4 rings (SSSR count). The third-order valence-corrected chi connectivity index (χ3v) is 5.34. The Morgan fingerprint density at radius 3 is 2.97 bits per heavy atom. The molecule has 2 aromatic heterocycles. The second kappa shape index (κ2) is 9.67. The number of benzene rings is 1. The van der Waals surface area contributed by atoms with E-state index in [0.717, 1.165) is 46.6 Å². The van der Waals surface area contributed by atoms with Gasteiger partial charge < -0.3 is 15.4 Å². The molecule has 1 aliphatic rings. The van der Waals surface area contributed by atoms with Crippen LogP contribution in [0.5, 0.6) is 0 Å². The minimum absolute atomic E-state index is 0.00861. The highest BCUT2D eigenvalue weighted by molar-refractivity contribution is 5.82. The van der Waals surface area contributed by atoms with Gasteiger partial charge in [0.25, 0.3) is 0 Å². The lowest BCUT2D eigenvalue weighted by Crippen LogP contribution is -2.30. The van der Waals surface area contributed by atoms with Crippen molar-refractivity contribution in [2.75, 3.05) is 11.9 Å². The molecule has 0 saturated carbocycles. The number of nitrogens with zero attached hydrogens (tertiary/aromatic N) is 3. The molecule has 1 amide bonds. The van der Waals surface area contributed by atoms with E-state index in [4.69, 9.17) is 4.74 Å². The molecule has 0 saturated heterocycles. The van der Waals surface area contributed by atoms with Crippen molar-refractivity contribution < 1.29 is 9.53 Å². The van der Waals surface area contributed by atoms with E-state index in [1.807, 2.05) is 44.2 Å². The highest BCUT2D eigenvalue weighted by Gasteiger charge is 2.22. The summed E-state index contributed by atoms with van der Waals surface area (Å²) < 4.78 is 5.93. The Hall–Kier alpha value is -3.62. The van der Waals surface area contributed by atoms with E-state index < -0.39 is 0 Å². The number of carbonyl (C=O) groups excluding carboxylic acids is 1. The van der Waals surface area contributed by atoms with Crippen molar-refractivity contribution in [2.45, 2.75) is 46.1 Å². The van der Waals surface area contributed by atoms with Crippen LogP contribution < -0.4 is 10.6 Å². The van der Waals surface area contributed by atoms with Crippen LogP contribution in [-0.4, -0.2) is 43.9 Å². The van der Waals surface area contributed by atoms with Crippen LogP contribution >= 0.6 is 0 Å². The summed E-state index contributed by atoms with van der Waals surface area (Å²) >= 11 is 0. The van der Waals surface area contributed by atoms with E-state index in [9.17, 15) is 4.79 Å². The van der Waals surface area contributed by atoms with Crippen LogP contribution in [-0.2, 0) is 9.53 Å². The van der Waals surface area contributed by atoms with Crippen LogP contribution in [0.2, 0.25) is 0 Å². The Bertz CT molecular complexity index is 1140. The van der Waals surface area contributed by atoms with Gasteiger partial charge in [-0.25, -0.2) is 0 Å². The average molecular weight is 436 g/mol. The minimum atomic E-state index is 0.00861. The number of rotatable bonds is 9. The summed E-state index contributed by atoms with van der Waals surface area (Å²) in [5, 5.41) is 21.4. The number of aromatic nitrogens is 5. The smallest absolute Gasteiger partial charge is 0.246 e. The van der Waals surface area contributed by atoms with Gasteiger partial charge in [-0.1, -0.05) is 13.0 Å². The maximum atomic E-state index is 11.8. The largest absolute Gasteiger partial charge is 0.497 e. The number of anilines is 2. The molecule has 168 valence electrons. The number of H-pyrrole nitrogens is 2. The van der Waals surface area contributed by atoms with Gasteiger partial charge in [-0.05, 0) is 56.5 Å². The van der Waals surface area contributed by atoms with Crippen LogP contribution in [0.1, 0.15) is 45.9 Å². The van der Waals surface area contributed by atoms with E-state index in [1.54, 1.807) is 6.20 Å². The highest BCUT2D eigenvalue weighted by atomic mass is 16.5. The van der Waals surface area contributed by atoms with Crippen LogP contribution in [0.3, 0.4) is 0 Å². The predicted octanol–water partition coefficient (Wildman–Crippen LogP) is 4.05. The molecular formula is C23H29N7O2. The fourth-order valence-corrected chi connectivity index (χ4v) is 3.71. The zero-order valence-electron chi connectivity index (χ0n) is 18.6. The number of hydrogen-bond donors (Lipinski definition) is 4. The van der Waals surface area contributed by atoms with Gasteiger partial charge in [0.1, 0.15) is 0 Å². The third kappa shape index (κ3) is 5.16. The molecule has 1 aromatic carbocycles. The molecule has 0 fully saturated rings. The van der Waals surface area contributed by atoms with Crippen LogP contribution in [0.25, 0.3) is 16.5 Å². The van der Waals surface area contributed by atoms with Gasteiger partial charge in [-0.3, -0.25) is 15.0 Å². The van der Waals surface area contributed by atoms with E-state index in [0.29, 0.717) is 19.0 Å². The van der Waals surface area contributed by atoms with Gasteiger partial charge in [0, 0.05) is 23.0 Å². The Morgan fingerprint density at radius 1 is 1.28 bits per heavy atom. The molecule has 0 bridgehead atoms. The summed E-state index contributed by atoms with van der Waals surface area (Å²) in [4.78, 5) is 16.4. The Balaban J connectivity index is 1.39. The molecule has 2 heterocycles. The van der Waals surface area contributed by atoms with Crippen molar-refractivity contribution in [1.82, 2.24) is 30.7 Å². The van der Waals surface area contributed by atoms with E-state index in [-0.39, 0.29) is 17.9 Å². The first-order chi connectivity index (χ1) is 15.5. The van der Waals surface area contributed by atoms with Crippen molar-refractivity contribution in [2.24, 2.45) is 5.92 Å². The topological polar surface area (TPSA) is 121 Å². The zero-order chi connectivity index (χ0) is 22.5. The molecule has 1 unspecified atom stereocenters. The van der Waals surface area contributed by atoms with Crippen molar-refractivity contribution in [3.8, 4) is 0 Å². The van der Waals surface area contributed by atoms with Crippen molar-refractivity contribution in [3.05, 3.63) is 48.1 Å². The number of amides is 1. The van der Waals surface area contributed by atoms with Crippen LogP contribution in [0.15, 0.2) is 42.3 Å². The summed E-state index contributed by atoms with van der Waals surface area (Å²) in [6, 6.07) is 6.06. The third-order valence-electron chi connectivity index (χ3n) is 5.34. The molecule has 0 radical (unpaired) electrons. The molecule has 0 spiro atoms. The summed E-state index contributed by atoms with van der Waals surface area (Å²) in [7, 11) is 0. The standard InChI is InChI=1S/C23H29N7O2/c1-4-15-11-16(5-8-20(15)32-10-9-21(31)25-14(2)3)22-27-23(30-29-22)26-18-6-7-19-17(12-18)13-24-28-19/h5-8,12-15H,4,9-11H2,1-3H3,(H,24,28)(H,25,31)(H2,26,27,29,30). The zero-order valence-corrected chi connectivity index (χ0v) is 18.6. The summed E-state index contributed by atoms with van der Waals surface area (Å²) in [5.41, 5.74) is 2.95. The van der Waals surface area contributed by atoms with Crippen molar-refractivity contribution in [1.29, 1.82) is 0 Å². The Kier molecular flexibility index (Phi) is 6.53. The van der Waals surface area contributed by atoms with E-state index in [1.165, 1.54) is 0 Å². The molecule has 3 aromatic rings. The first-order valence-electron chi connectivity index (χ1n) is 11.0. The molecular weight excluding hydrogens is 406 g/mol. The number of nitrogens with one attached hydrogen (secondary N) is 4. The number of allylic oxidation sites excluding steroid dienone is 4. The monoisotopic (exact) mass is 435 g/mol. The van der Waals surface area contributed by atoms with E-state index >= 15 is 0 Å². The molecule has 4 N–H and O–H groups in total. The Labute approximate surface area is 186 Å². The maximum Gasteiger partial charge on any atom is 0.246 e. The maximum absolute atomic E-state index is 11.8. The lowest BCUT2D eigenvalue weighted by atomic mass is 9.90. The van der Waals surface area contributed by atoms with Gasteiger partial charge >= 0.3 is 0 Å². The van der Waals surface area contributed by atoms with Crippen LogP contribution in [0.4, 0.5) is 11.6 Å². The summed E-state index contributed by atoms with van der Waals surface area (Å²) in [5.74, 6) is 2.42. The summed E-state index contributed by atoms with van der Waals surface area (Å²) in [6.45, 7) is 6.41. The number of carbonyl (C=O) groups is 1. The van der Waals surface area contributed by atoms with Gasteiger partial charge in [-0.2, -0.15) is 10.1 Å². The number of hydrogen-bond acceptors (Lipinski definition) is 6. The highest BCUT2D eigenvalue weighted by Crippen LogP contribution is 2.33. The molecule has 9 heteroatoms. The first kappa shape index (κ1) is 21.6. The fourth-order valence-electron chi connectivity index (χ4n) is 3.71. The van der Waals surface area contributed by atoms with E-state index in [2.05, 4.69) is 42.9 Å². The molecule has 1 atom stereocenters.